The van der Waals surface area contributed by atoms with E-state index in [1.807, 2.05) is 13.8 Å². The maximum absolute atomic E-state index is 7.11. The molecule has 0 bridgehead atoms. The third-order valence-corrected chi connectivity index (χ3v) is 13.4. The topological polar surface area (TPSA) is 36.9 Å². The molecule has 1 rings (SSSR count). The molecule has 1 aliphatic rings. The molecule has 32 heavy (non-hydrogen) atoms. The summed E-state index contributed by atoms with van der Waals surface area (Å²) >= 11 is 2.43. The van der Waals surface area contributed by atoms with Crippen LogP contribution < -0.4 is 0 Å². The van der Waals surface area contributed by atoms with Gasteiger partial charge in [-0.2, -0.15) is 0 Å². The first-order valence-corrected chi connectivity index (χ1v) is 22.7. The Morgan fingerprint density at radius 3 is 2.09 bits per heavy atom. The molecule has 0 aromatic carbocycles. The average Bonchev–Trinajstić information content (AvgIpc) is 2.76. The molecule has 0 aromatic rings. The van der Waals surface area contributed by atoms with Gasteiger partial charge in [-0.05, 0) is 80.3 Å². The van der Waals surface area contributed by atoms with Crippen molar-refractivity contribution in [2.75, 3.05) is 6.61 Å². The Morgan fingerprint density at radius 1 is 1.09 bits per heavy atom. The Labute approximate surface area is 215 Å². The molecular weight excluding hydrogens is 563 g/mol. The van der Waals surface area contributed by atoms with Crippen molar-refractivity contribution in [3.63, 3.8) is 0 Å². The third kappa shape index (κ3) is 8.63. The average molecular weight is 611 g/mol. The number of hydrogen-bond acceptors (Lipinski definition) is 4. The van der Waals surface area contributed by atoms with Gasteiger partial charge in [-0.3, -0.25) is 0 Å². The van der Waals surface area contributed by atoms with E-state index in [1.54, 1.807) is 0 Å². The van der Waals surface area contributed by atoms with Gasteiger partial charge in [-0.1, -0.05) is 40.4 Å². The van der Waals surface area contributed by atoms with Crippen molar-refractivity contribution in [2.24, 2.45) is 0 Å². The second-order valence-electron chi connectivity index (χ2n) is 12.3. The molecule has 4 nitrogen and oxygen atoms in total. The van der Waals surface area contributed by atoms with Gasteiger partial charge in [0.05, 0.1) is 0 Å². The van der Waals surface area contributed by atoms with Crippen molar-refractivity contribution >= 4 is 47.3 Å². The molecule has 4 atom stereocenters. The molecule has 0 amide bonds. The number of hydrogen-bond donors (Lipinski definition) is 0. The zero-order valence-corrected chi connectivity index (χ0v) is 27.9. The van der Waals surface area contributed by atoms with Gasteiger partial charge in [0.25, 0.3) is 0 Å². The summed E-state index contributed by atoms with van der Waals surface area (Å²) in [7, 11) is -5.55. The second kappa shape index (κ2) is 11.1. The van der Waals surface area contributed by atoms with Crippen LogP contribution in [0, 0.1) is 11.5 Å². The Kier molecular flexibility index (Phi) is 10.6. The standard InChI is InChI=1S/C24H47IO4Si3/c1-14-26-19(2)27-20-18-21(25)24(29-31(9,10)11,16-15-17-30(6,7)8)22(20)28-32(12,13)23(3,4)5/h18-20,22H,14,16H2,1-13H3/t19?,20-,22+,24+/m1/s1. The van der Waals surface area contributed by atoms with E-state index in [-0.39, 0.29) is 23.5 Å². The molecule has 0 heterocycles. The molecule has 1 aliphatic carbocycles. The van der Waals surface area contributed by atoms with Crippen LogP contribution in [0.4, 0.5) is 0 Å². The van der Waals surface area contributed by atoms with Crippen LogP contribution in [0.1, 0.15) is 41.0 Å². The molecule has 0 aliphatic heterocycles. The van der Waals surface area contributed by atoms with Gasteiger partial charge < -0.3 is 18.3 Å². The summed E-state index contributed by atoms with van der Waals surface area (Å²) in [5.41, 5.74) is 2.95. The van der Waals surface area contributed by atoms with E-state index >= 15 is 0 Å². The van der Waals surface area contributed by atoms with Crippen molar-refractivity contribution in [3.8, 4) is 11.5 Å². The summed E-state index contributed by atoms with van der Waals surface area (Å²) in [6.07, 6.45) is 2.01. The van der Waals surface area contributed by atoms with Crippen molar-refractivity contribution in [1.82, 2.24) is 0 Å². The monoisotopic (exact) mass is 610 g/mol. The zero-order chi connectivity index (χ0) is 25.2. The predicted molar refractivity (Wildman–Crippen MR) is 153 cm³/mol. The molecule has 0 saturated heterocycles. The minimum absolute atomic E-state index is 0.0754. The molecule has 186 valence electrons. The minimum Gasteiger partial charge on any atom is -0.408 e. The molecule has 8 heteroatoms. The van der Waals surface area contributed by atoms with Gasteiger partial charge in [-0.25, -0.2) is 0 Å². The third-order valence-electron chi connectivity index (χ3n) is 5.75. The Bertz CT molecular complexity index is 723. The van der Waals surface area contributed by atoms with Crippen molar-refractivity contribution < 1.29 is 18.3 Å². The van der Waals surface area contributed by atoms with Gasteiger partial charge in [0.15, 0.2) is 22.9 Å². The van der Waals surface area contributed by atoms with E-state index in [0.29, 0.717) is 13.0 Å². The highest BCUT2D eigenvalue weighted by atomic mass is 127. The Balaban J connectivity index is 3.56. The number of halogens is 1. The van der Waals surface area contributed by atoms with E-state index in [2.05, 4.69) is 113 Å². The largest absolute Gasteiger partial charge is 0.408 e. The molecule has 1 unspecified atom stereocenters. The smallest absolute Gasteiger partial charge is 0.192 e. The highest BCUT2D eigenvalue weighted by Gasteiger charge is 2.56. The van der Waals surface area contributed by atoms with Crippen LogP contribution in [-0.4, -0.2) is 55.4 Å². The van der Waals surface area contributed by atoms with Gasteiger partial charge >= 0.3 is 0 Å². The Hall–Kier alpha value is 0.521. The van der Waals surface area contributed by atoms with E-state index in [1.165, 1.54) is 0 Å². The van der Waals surface area contributed by atoms with E-state index in [9.17, 15) is 0 Å². The Morgan fingerprint density at radius 2 is 1.66 bits per heavy atom. The quantitative estimate of drug-likeness (QED) is 0.119. The maximum Gasteiger partial charge on any atom is 0.192 e. The SMILES string of the molecule is CCOC(C)O[C@@H]1C=C(I)[C@](CC#C[Si](C)(C)C)(O[Si](C)(C)C)[C@H]1O[Si](C)(C)C(C)(C)C. The maximum atomic E-state index is 7.11. The first-order chi connectivity index (χ1) is 14.2. The zero-order valence-electron chi connectivity index (χ0n) is 22.7. The van der Waals surface area contributed by atoms with Crippen molar-refractivity contribution in [3.05, 3.63) is 9.66 Å². The fourth-order valence-electron chi connectivity index (χ4n) is 3.35. The van der Waals surface area contributed by atoms with Crippen LogP contribution in [-0.2, 0) is 18.3 Å². The van der Waals surface area contributed by atoms with Crippen molar-refractivity contribution in [2.45, 2.75) is 123 Å². The van der Waals surface area contributed by atoms with Gasteiger partial charge in [0.1, 0.15) is 25.9 Å². The summed E-state index contributed by atoms with van der Waals surface area (Å²) in [5.74, 6) is 3.53. The lowest BCUT2D eigenvalue weighted by Crippen LogP contribution is -2.58. The summed E-state index contributed by atoms with van der Waals surface area (Å²) in [4.78, 5) is 0. The fourth-order valence-corrected chi connectivity index (χ4v) is 7.84. The lowest BCUT2D eigenvalue weighted by atomic mass is 9.96. The van der Waals surface area contributed by atoms with Crippen molar-refractivity contribution in [1.29, 1.82) is 0 Å². The summed E-state index contributed by atoms with van der Waals surface area (Å²) in [6, 6.07) is 0. The number of ether oxygens (including phenoxy) is 2. The minimum atomic E-state index is -2.11. The molecule has 0 radical (unpaired) electrons. The van der Waals surface area contributed by atoms with Gasteiger partial charge in [0, 0.05) is 16.6 Å². The lowest BCUT2D eigenvalue weighted by molar-refractivity contribution is -0.177. The molecule has 0 N–H and O–H groups in total. The summed E-state index contributed by atoms with van der Waals surface area (Å²) in [5, 5.41) is 0.0754. The van der Waals surface area contributed by atoms with E-state index < -0.39 is 30.3 Å². The summed E-state index contributed by atoms with van der Waals surface area (Å²) in [6.45, 7) is 29.5. The van der Waals surface area contributed by atoms with Gasteiger partial charge in [-0.15, -0.1) is 11.5 Å². The lowest BCUT2D eigenvalue weighted by Gasteiger charge is -2.47. The molecule has 0 aromatic heterocycles. The van der Waals surface area contributed by atoms with Crippen LogP contribution in [0.3, 0.4) is 0 Å². The number of rotatable bonds is 9. The summed E-state index contributed by atoms with van der Waals surface area (Å²) < 4.78 is 27.4. The van der Waals surface area contributed by atoms with E-state index in [4.69, 9.17) is 18.3 Å². The van der Waals surface area contributed by atoms with Crippen LogP contribution >= 0.6 is 22.6 Å². The molecular formula is C24H47IO4Si3. The fraction of sp³-hybridized carbons (Fsp3) is 0.833. The highest BCUT2D eigenvalue weighted by molar-refractivity contribution is 14.1. The molecule has 0 spiro atoms. The van der Waals surface area contributed by atoms with Gasteiger partial charge in [0.2, 0.25) is 0 Å². The molecule has 0 fully saturated rings. The highest BCUT2D eigenvalue weighted by Crippen LogP contribution is 2.49. The van der Waals surface area contributed by atoms with E-state index in [0.717, 1.165) is 3.58 Å². The van der Waals surface area contributed by atoms with Crippen LogP contribution in [0.25, 0.3) is 0 Å². The normalized spacial score (nSPS) is 25.9. The van der Waals surface area contributed by atoms with Crippen LogP contribution in [0.2, 0.25) is 57.4 Å². The first-order valence-electron chi connectivity index (χ1n) is 11.8. The van der Waals surface area contributed by atoms with Crippen LogP contribution in [0.15, 0.2) is 9.66 Å². The first kappa shape index (κ1) is 30.6. The van der Waals surface area contributed by atoms with Crippen LogP contribution in [0.5, 0.6) is 0 Å². The second-order valence-corrected chi connectivity index (χ2v) is 27.4. The molecule has 0 saturated carbocycles. The predicted octanol–water partition coefficient (Wildman–Crippen LogP) is 7.34.